The van der Waals surface area contributed by atoms with Crippen molar-refractivity contribution in [2.24, 2.45) is 11.7 Å². The molecule has 2 N–H and O–H groups in total. The maximum atomic E-state index is 5.73. The maximum Gasteiger partial charge on any atom is 0.123 e. The molecule has 3 heteroatoms. The summed E-state index contributed by atoms with van der Waals surface area (Å²) in [6, 6.07) is 8.19. The minimum Gasteiger partial charge on any atom is -0.496 e. The third kappa shape index (κ3) is 4.67. The second-order valence-corrected chi connectivity index (χ2v) is 4.85. The van der Waals surface area contributed by atoms with Crippen molar-refractivity contribution in [2.75, 3.05) is 27.2 Å². The van der Waals surface area contributed by atoms with Crippen LogP contribution in [0.2, 0.25) is 0 Å². The Hall–Kier alpha value is -1.06. The van der Waals surface area contributed by atoms with Crippen molar-refractivity contribution < 1.29 is 4.74 Å². The van der Waals surface area contributed by atoms with Gasteiger partial charge in [0, 0.05) is 12.1 Å². The summed E-state index contributed by atoms with van der Waals surface area (Å²) in [6.07, 6.45) is 2.33. The first kappa shape index (κ1) is 15.0. The minimum atomic E-state index is 0.644. The topological polar surface area (TPSA) is 38.5 Å². The van der Waals surface area contributed by atoms with Gasteiger partial charge in [0.05, 0.1) is 7.11 Å². The van der Waals surface area contributed by atoms with E-state index in [9.17, 15) is 0 Å². The number of hydrogen-bond donors (Lipinski definition) is 1. The highest BCUT2D eigenvalue weighted by Gasteiger charge is 2.08. The van der Waals surface area contributed by atoms with E-state index in [0.717, 1.165) is 25.4 Å². The lowest BCUT2D eigenvalue weighted by molar-refractivity contribution is 0.286. The fourth-order valence-electron chi connectivity index (χ4n) is 2.10. The molecule has 3 nitrogen and oxygen atoms in total. The molecule has 0 aliphatic rings. The molecule has 18 heavy (non-hydrogen) atoms. The molecule has 1 atom stereocenters. The Labute approximate surface area is 111 Å². The van der Waals surface area contributed by atoms with Crippen LogP contribution in [0, 0.1) is 5.92 Å². The molecular formula is C15H26N2O. The van der Waals surface area contributed by atoms with Gasteiger partial charge in [-0.1, -0.05) is 31.5 Å². The normalized spacial score (nSPS) is 12.7. The van der Waals surface area contributed by atoms with Gasteiger partial charge in [-0.25, -0.2) is 0 Å². The van der Waals surface area contributed by atoms with E-state index in [1.54, 1.807) is 7.11 Å². The molecule has 1 unspecified atom stereocenters. The summed E-state index contributed by atoms with van der Waals surface area (Å²) in [5.74, 6) is 1.61. The van der Waals surface area contributed by atoms with E-state index in [1.807, 2.05) is 12.1 Å². The average molecular weight is 250 g/mol. The molecule has 0 fully saturated rings. The van der Waals surface area contributed by atoms with Crippen molar-refractivity contribution in [1.82, 2.24) is 4.90 Å². The number of benzene rings is 1. The lowest BCUT2D eigenvalue weighted by Crippen LogP contribution is -2.24. The van der Waals surface area contributed by atoms with Gasteiger partial charge in [-0.3, -0.25) is 0 Å². The summed E-state index contributed by atoms with van der Waals surface area (Å²) in [4.78, 5) is 2.33. The first-order valence-electron chi connectivity index (χ1n) is 6.71. The number of ether oxygens (including phenoxy) is 1. The first-order valence-corrected chi connectivity index (χ1v) is 6.71. The van der Waals surface area contributed by atoms with Gasteiger partial charge in [0.1, 0.15) is 5.75 Å². The summed E-state index contributed by atoms with van der Waals surface area (Å²) in [5, 5.41) is 0. The molecule has 0 saturated heterocycles. The zero-order chi connectivity index (χ0) is 13.4. The van der Waals surface area contributed by atoms with Gasteiger partial charge in [-0.05, 0) is 38.5 Å². The van der Waals surface area contributed by atoms with Crippen LogP contribution in [0.15, 0.2) is 24.3 Å². The van der Waals surface area contributed by atoms with Crippen LogP contribution in [-0.4, -0.2) is 32.1 Å². The summed E-state index contributed by atoms with van der Waals surface area (Å²) in [6.45, 7) is 5.00. The number of para-hydroxylation sites is 1. The summed E-state index contributed by atoms with van der Waals surface area (Å²) >= 11 is 0. The number of rotatable bonds is 8. The van der Waals surface area contributed by atoms with Gasteiger partial charge in [0.2, 0.25) is 0 Å². The lowest BCUT2D eigenvalue weighted by Gasteiger charge is -2.21. The largest absolute Gasteiger partial charge is 0.496 e. The van der Waals surface area contributed by atoms with E-state index in [-0.39, 0.29) is 0 Å². The average Bonchev–Trinajstić information content (AvgIpc) is 2.40. The molecule has 0 spiro atoms. The van der Waals surface area contributed by atoms with Crippen LogP contribution in [0.5, 0.6) is 5.75 Å². The monoisotopic (exact) mass is 250 g/mol. The van der Waals surface area contributed by atoms with Gasteiger partial charge < -0.3 is 15.4 Å². The highest BCUT2D eigenvalue weighted by Crippen LogP contribution is 2.19. The molecule has 1 aromatic carbocycles. The van der Waals surface area contributed by atoms with Crippen LogP contribution in [0.4, 0.5) is 0 Å². The minimum absolute atomic E-state index is 0.644. The van der Waals surface area contributed by atoms with E-state index in [1.165, 1.54) is 18.4 Å². The highest BCUT2D eigenvalue weighted by molar-refractivity contribution is 5.32. The van der Waals surface area contributed by atoms with Crippen LogP contribution in [-0.2, 0) is 6.54 Å². The van der Waals surface area contributed by atoms with Gasteiger partial charge in [0.15, 0.2) is 0 Å². The van der Waals surface area contributed by atoms with E-state index in [2.05, 4.69) is 31.0 Å². The van der Waals surface area contributed by atoms with Gasteiger partial charge in [-0.15, -0.1) is 0 Å². The van der Waals surface area contributed by atoms with Crippen LogP contribution < -0.4 is 10.5 Å². The molecular weight excluding hydrogens is 224 g/mol. The molecule has 0 aliphatic carbocycles. The van der Waals surface area contributed by atoms with Crippen LogP contribution in [0.1, 0.15) is 25.3 Å². The zero-order valence-electron chi connectivity index (χ0n) is 11.9. The predicted octanol–water partition coefficient (Wildman–Crippen LogP) is 2.50. The summed E-state index contributed by atoms with van der Waals surface area (Å²) < 4.78 is 5.37. The molecule has 0 amide bonds. The third-order valence-electron chi connectivity index (χ3n) is 3.46. The number of methoxy groups -OCH3 is 1. The number of hydrogen-bond acceptors (Lipinski definition) is 3. The summed E-state index contributed by atoms with van der Waals surface area (Å²) in [7, 11) is 3.87. The first-order chi connectivity index (χ1) is 8.71. The second-order valence-electron chi connectivity index (χ2n) is 4.85. The Morgan fingerprint density at radius 3 is 2.67 bits per heavy atom. The molecule has 1 rings (SSSR count). The van der Waals surface area contributed by atoms with Crippen LogP contribution >= 0.6 is 0 Å². The van der Waals surface area contributed by atoms with E-state index < -0.39 is 0 Å². The lowest BCUT2D eigenvalue weighted by atomic mass is 10.0. The second kappa shape index (κ2) is 8.11. The molecule has 0 aliphatic heterocycles. The SMILES string of the molecule is CCC(CN)CCN(C)Cc1ccccc1OC. The quantitative estimate of drug-likeness (QED) is 0.770. The Morgan fingerprint density at radius 2 is 2.06 bits per heavy atom. The fraction of sp³-hybridized carbons (Fsp3) is 0.600. The number of nitrogens with two attached hydrogens (primary N) is 1. The summed E-state index contributed by atoms with van der Waals surface area (Å²) in [5.41, 5.74) is 6.97. The highest BCUT2D eigenvalue weighted by atomic mass is 16.5. The Balaban J connectivity index is 2.46. The van der Waals surface area contributed by atoms with Crippen molar-refractivity contribution in [3.8, 4) is 5.75 Å². The predicted molar refractivity (Wildman–Crippen MR) is 76.8 cm³/mol. The Morgan fingerprint density at radius 1 is 1.33 bits per heavy atom. The van der Waals surface area contributed by atoms with Crippen molar-refractivity contribution in [3.63, 3.8) is 0 Å². The van der Waals surface area contributed by atoms with Gasteiger partial charge in [0.25, 0.3) is 0 Å². The Bertz CT molecular complexity index is 337. The molecule has 102 valence electrons. The van der Waals surface area contributed by atoms with Gasteiger partial charge >= 0.3 is 0 Å². The zero-order valence-corrected chi connectivity index (χ0v) is 11.9. The third-order valence-corrected chi connectivity index (χ3v) is 3.46. The van der Waals surface area contributed by atoms with Crippen LogP contribution in [0.25, 0.3) is 0 Å². The molecule has 0 radical (unpaired) electrons. The fourth-order valence-corrected chi connectivity index (χ4v) is 2.10. The molecule has 0 heterocycles. The molecule has 0 saturated carbocycles. The standard InChI is InChI=1S/C15H26N2O/c1-4-13(11-16)9-10-17(2)12-14-7-5-6-8-15(14)18-3/h5-8,13H,4,9-12,16H2,1-3H3. The molecule has 0 aromatic heterocycles. The van der Waals surface area contributed by atoms with Crippen molar-refractivity contribution in [2.45, 2.75) is 26.3 Å². The van der Waals surface area contributed by atoms with Crippen molar-refractivity contribution >= 4 is 0 Å². The van der Waals surface area contributed by atoms with Crippen molar-refractivity contribution in [1.29, 1.82) is 0 Å². The smallest absolute Gasteiger partial charge is 0.123 e. The van der Waals surface area contributed by atoms with Crippen molar-refractivity contribution in [3.05, 3.63) is 29.8 Å². The van der Waals surface area contributed by atoms with E-state index in [0.29, 0.717) is 5.92 Å². The number of nitrogens with zero attached hydrogens (tertiary/aromatic N) is 1. The van der Waals surface area contributed by atoms with E-state index in [4.69, 9.17) is 10.5 Å². The molecule has 0 bridgehead atoms. The van der Waals surface area contributed by atoms with E-state index >= 15 is 0 Å². The Kier molecular flexibility index (Phi) is 6.76. The van der Waals surface area contributed by atoms with Crippen LogP contribution in [0.3, 0.4) is 0 Å². The maximum absolute atomic E-state index is 5.73. The van der Waals surface area contributed by atoms with Gasteiger partial charge in [-0.2, -0.15) is 0 Å². The molecule has 1 aromatic rings.